The molecule has 3 aromatic carbocycles. The minimum atomic E-state index is -5.09. The van der Waals surface area contributed by atoms with Gasteiger partial charge in [0.2, 0.25) is 0 Å². The second kappa shape index (κ2) is 15.3. The van der Waals surface area contributed by atoms with Gasteiger partial charge in [0.1, 0.15) is 22.0 Å². The van der Waals surface area contributed by atoms with Crippen molar-refractivity contribution in [2.75, 3.05) is 42.8 Å². The van der Waals surface area contributed by atoms with Crippen molar-refractivity contribution < 1.29 is 64.1 Å². The van der Waals surface area contributed by atoms with E-state index in [9.17, 15) is 46.6 Å². The number of nitrogens with zero attached hydrogens (tertiary/aromatic N) is 4. The molecule has 0 spiro atoms. The molecule has 0 bridgehead atoms. The molecular formula is C23H26N6O15S5. The monoisotopic (exact) mass is 786 g/mol. The molecule has 268 valence electrons. The molecule has 0 atom stereocenters. The van der Waals surface area contributed by atoms with Crippen molar-refractivity contribution >= 4 is 84.7 Å². The number of azo groups is 2. The van der Waals surface area contributed by atoms with Crippen LogP contribution >= 0.6 is 0 Å². The van der Waals surface area contributed by atoms with Gasteiger partial charge in [-0.05, 0) is 54.6 Å². The van der Waals surface area contributed by atoms with Gasteiger partial charge < -0.3 is 11.1 Å². The van der Waals surface area contributed by atoms with E-state index in [1.165, 1.54) is 43.4 Å². The summed E-state index contributed by atoms with van der Waals surface area (Å²) in [5, 5.41) is 18.5. The van der Waals surface area contributed by atoms with Crippen LogP contribution in [0, 0.1) is 0 Å². The molecule has 0 radical (unpaired) electrons. The van der Waals surface area contributed by atoms with Gasteiger partial charge in [0.05, 0.1) is 51.6 Å². The summed E-state index contributed by atoms with van der Waals surface area (Å²) in [5.74, 6) is -1.73. The van der Waals surface area contributed by atoms with E-state index in [1.54, 1.807) is 0 Å². The van der Waals surface area contributed by atoms with Crippen LogP contribution in [0.15, 0.2) is 89.7 Å². The van der Waals surface area contributed by atoms with Gasteiger partial charge in [-0.15, -0.1) is 15.3 Å². The zero-order valence-electron chi connectivity index (χ0n) is 24.7. The number of hydrogen-bond acceptors (Lipinski definition) is 18. The summed E-state index contributed by atoms with van der Waals surface area (Å²) in [6.45, 7) is -1.80. The van der Waals surface area contributed by atoms with Crippen LogP contribution in [0.1, 0.15) is 0 Å². The normalized spacial score (nSPS) is 13.3. The van der Waals surface area contributed by atoms with Crippen molar-refractivity contribution in [2.24, 2.45) is 20.5 Å². The van der Waals surface area contributed by atoms with Crippen LogP contribution in [-0.2, 0) is 59.0 Å². The van der Waals surface area contributed by atoms with Gasteiger partial charge in [-0.25, -0.2) is 25.2 Å². The Balaban J connectivity index is 1.89. The molecule has 0 unspecified atom stereocenters. The van der Waals surface area contributed by atoms with Crippen molar-refractivity contribution in [3.8, 4) is 0 Å². The Hall–Kier alpha value is -3.99. The fourth-order valence-electron chi connectivity index (χ4n) is 3.61. The van der Waals surface area contributed by atoms with Gasteiger partial charge in [0, 0.05) is 7.05 Å². The molecule has 0 aliphatic heterocycles. The minimum Gasteiger partial charge on any atom is -0.397 e. The summed E-state index contributed by atoms with van der Waals surface area (Å²) in [6, 6.07) is 9.94. The first kappa shape index (κ1) is 39.4. The zero-order chi connectivity index (χ0) is 36.8. The van der Waals surface area contributed by atoms with E-state index in [0.29, 0.717) is 6.07 Å². The number of nitrogens with one attached hydrogen (secondary N) is 1. The molecule has 0 saturated carbocycles. The van der Waals surface area contributed by atoms with E-state index in [0.717, 1.165) is 12.1 Å². The van der Waals surface area contributed by atoms with E-state index in [-0.39, 0.29) is 33.3 Å². The maximum Gasteiger partial charge on any atom is 0.397 e. The van der Waals surface area contributed by atoms with Crippen LogP contribution in [0.3, 0.4) is 0 Å². The van der Waals surface area contributed by atoms with Gasteiger partial charge in [0.15, 0.2) is 19.7 Å². The lowest BCUT2D eigenvalue weighted by atomic mass is 10.2. The summed E-state index contributed by atoms with van der Waals surface area (Å²) in [4.78, 5) is -1.82. The van der Waals surface area contributed by atoms with Crippen LogP contribution in [0.2, 0.25) is 0 Å². The number of anilines is 2. The second-order valence-electron chi connectivity index (χ2n) is 9.31. The molecule has 49 heavy (non-hydrogen) atoms. The van der Waals surface area contributed by atoms with Crippen LogP contribution in [0.5, 0.6) is 0 Å². The van der Waals surface area contributed by atoms with Crippen LogP contribution in [0.4, 0.5) is 34.1 Å². The number of rotatable bonds is 16. The van der Waals surface area contributed by atoms with E-state index in [4.69, 9.17) is 14.8 Å². The molecule has 21 nitrogen and oxygen atoms in total. The highest BCUT2D eigenvalue weighted by Gasteiger charge is 2.23. The van der Waals surface area contributed by atoms with E-state index < -0.39 is 90.8 Å². The summed E-state index contributed by atoms with van der Waals surface area (Å²) < 4.78 is 152. The minimum absolute atomic E-state index is 0.0135. The topological polar surface area (TPSA) is 337 Å². The summed E-state index contributed by atoms with van der Waals surface area (Å²) in [7, 11) is -21.7. The molecule has 0 saturated heterocycles. The Bertz CT molecular complexity index is 2330. The van der Waals surface area contributed by atoms with Crippen molar-refractivity contribution in [3.05, 3.63) is 54.6 Å². The first-order chi connectivity index (χ1) is 22.5. The predicted octanol–water partition coefficient (Wildman–Crippen LogP) is 2.57. The quantitative estimate of drug-likeness (QED) is 0.0791. The molecule has 0 amide bonds. The lowest BCUT2D eigenvalue weighted by Crippen LogP contribution is -2.16. The largest absolute Gasteiger partial charge is 0.397 e. The fraction of sp³-hybridized carbons (Fsp3) is 0.217. The van der Waals surface area contributed by atoms with E-state index >= 15 is 0 Å². The Labute approximate surface area is 280 Å². The molecule has 0 fully saturated rings. The van der Waals surface area contributed by atoms with E-state index in [2.05, 4.69) is 34.1 Å². The molecule has 0 heterocycles. The molecule has 3 rings (SSSR count). The van der Waals surface area contributed by atoms with Crippen LogP contribution in [-0.4, -0.2) is 87.5 Å². The maximum absolute atomic E-state index is 12.5. The van der Waals surface area contributed by atoms with Crippen molar-refractivity contribution in [1.82, 2.24) is 0 Å². The molecule has 0 aliphatic rings. The van der Waals surface area contributed by atoms with Gasteiger partial charge in [-0.2, -0.15) is 30.4 Å². The second-order valence-corrected chi connectivity index (χ2v) is 17.1. The zero-order valence-corrected chi connectivity index (χ0v) is 28.8. The number of benzene rings is 3. The highest BCUT2D eigenvalue weighted by atomic mass is 32.3. The first-order valence-electron chi connectivity index (χ1n) is 12.9. The van der Waals surface area contributed by atoms with Crippen molar-refractivity contribution in [3.63, 3.8) is 0 Å². The molecular weight excluding hydrogens is 761 g/mol. The fourth-order valence-corrected chi connectivity index (χ4v) is 7.34. The Morgan fingerprint density at radius 1 is 0.633 bits per heavy atom. The SMILES string of the molecule is CNc1cc(N)c(N=Nc2ccc(S(=O)(=O)CCOS(=O)(=O)O)cc2)cc1N=Nc1ccc(S(=O)(=O)CCOS(=O)(=O)O)cc1S(=O)(=O)O. The number of nitrogen functional groups attached to an aromatic ring is 1. The number of nitrogens with two attached hydrogens (primary N) is 1. The van der Waals surface area contributed by atoms with Crippen LogP contribution < -0.4 is 11.1 Å². The van der Waals surface area contributed by atoms with Crippen molar-refractivity contribution in [2.45, 2.75) is 14.7 Å². The predicted molar refractivity (Wildman–Crippen MR) is 171 cm³/mol. The Morgan fingerprint density at radius 3 is 1.63 bits per heavy atom. The molecule has 3 aromatic rings. The molecule has 26 heteroatoms. The summed E-state index contributed by atoms with van der Waals surface area (Å²) in [5.41, 5.74) is 6.09. The van der Waals surface area contributed by atoms with Gasteiger partial charge in [-0.3, -0.25) is 13.7 Å². The maximum atomic E-state index is 12.5. The average Bonchev–Trinajstić information content (AvgIpc) is 2.97. The van der Waals surface area contributed by atoms with Gasteiger partial charge in [-0.1, -0.05) is 0 Å². The van der Waals surface area contributed by atoms with Crippen molar-refractivity contribution in [1.29, 1.82) is 0 Å². The third-order valence-corrected chi connectivity index (χ3v) is 11.1. The summed E-state index contributed by atoms with van der Waals surface area (Å²) in [6.07, 6.45) is 0. The summed E-state index contributed by atoms with van der Waals surface area (Å²) >= 11 is 0. The molecule has 0 aliphatic carbocycles. The molecule has 6 N–H and O–H groups in total. The Morgan fingerprint density at radius 2 is 1.12 bits per heavy atom. The lowest BCUT2D eigenvalue weighted by Gasteiger charge is -2.09. The van der Waals surface area contributed by atoms with Gasteiger partial charge in [0.25, 0.3) is 10.1 Å². The van der Waals surface area contributed by atoms with E-state index in [1.807, 2.05) is 0 Å². The highest BCUT2D eigenvalue weighted by molar-refractivity contribution is 7.92. The van der Waals surface area contributed by atoms with Gasteiger partial charge >= 0.3 is 20.8 Å². The number of sulfone groups is 2. The number of hydrogen-bond donors (Lipinski definition) is 5. The van der Waals surface area contributed by atoms with Crippen LogP contribution in [0.25, 0.3) is 0 Å². The third-order valence-electron chi connectivity index (χ3n) is 5.89. The third kappa shape index (κ3) is 11.8. The average molecular weight is 787 g/mol. The standard InChI is InChI=1S/C23H26N6O15S5/c1-25-21-13-18(24)20(28-26-15-2-4-16(5-3-15)45(30,31)10-8-43-48(37,38)39)14-22(21)29-27-19-7-6-17(12-23(19)47(34,35)36)46(32,33)11-9-44-49(40,41)42/h2-7,12-14,25H,8-11,24H2,1H3,(H,34,35,36)(H,37,38,39)(H,40,41,42). The first-order valence-corrected chi connectivity index (χ1v) is 20.3. The smallest absolute Gasteiger partial charge is 0.397 e. The Kier molecular flexibility index (Phi) is 12.3. The molecule has 0 aromatic heterocycles. The highest BCUT2D eigenvalue weighted by Crippen LogP contribution is 2.38. The lowest BCUT2D eigenvalue weighted by molar-refractivity contribution is 0.282.